The standard InChI is InChI=1S/C27H27NO2/c1-29-26-12-8-24(9-13-26)27(15-14-21-4-2-3-5-22(21)20-27)23-6-10-25(11-7-23)28-16-18-30-19-17-28/h2-15H,16-20H2,1H3. The lowest BCUT2D eigenvalue weighted by molar-refractivity contribution is 0.122. The number of rotatable bonds is 4. The van der Waals surface area contributed by atoms with E-state index in [0.29, 0.717) is 0 Å². The number of nitrogens with zero attached hydrogens (tertiary/aromatic N) is 1. The van der Waals surface area contributed by atoms with E-state index in [4.69, 9.17) is 9.47 Å². The van der Waals surface area contributed by atoms with Gasteiger partial charge in [-0.2, -0.15) is 0 Å². The highest BCUT2D eigenvalue weighted by Crippen LogP contribution is 2.42. The third-order valence-electron chi connectivity index (χ3n) is 6.44. The van der Waals surface area contributed by atoms with E-state index in [9.17, 15) is 0 Å². The van der Waals surface area contributed by atoms with Crippen molar-refractivity contribution in [1.82, 2.24) is 0 Å². The zero-order chi connectivity index (χ0) is 20.4. The van der Waals surface area contributed by atoms with Gasteiger partial charge in [-0.05, 0) is 52.9 Å². The monoisotopic (exact) mass is 397 g/mol. The van der Waals surface area contributed by atoms with E-state index in [0.717, 1.165) is 38.5 Å². The van der Waals surface area contributed by atoms with Crippen molar-refractivity contribution < 1.29 is 9.47 Å². The zero-order valence-corrected chi connectivity index (χ0v) is 17.4. The van der Waals surface area contributed by atoms with Crippen molar-refractivity contribution in [3.05, 3.63) is 101 Å². The van der Waals surface area contributed by atoms with Gasteiger partial charge in [0.2, 0.25) is 0 Å². The molecule has 1 saturated heterocycles. The van der Waals surface area contributed by atoms with Crippen molar-refractivity contribution in [2.75, 3.05) is 38.3 Å². The molecule has 1 aliphatic carbocycles. The average molecular weight is 398 g/mol. The highest BCUT2D eigenvalue weighted by atomic mass is 16.5. The molecule has 3 aromatic carbocycles. The maximum absolute atomic E-state index is 5.51. The first-order valence-corrected chi connectivity index (χ1v) is 10.6. The van der Waals surface area contributed by atoms with Crippen LogP contribution in [0.15, 0.2) is 78.9 Å². The summed E-state index contributed by atoms with van der Waals surface area (Å²) >= 11 is 0. The Hall–Kier alpha value is -3.04. The molecule has 0 saturated carbocycles. The fraction of sp³-hybridized carbons (Fsp3) is 0.259. The summed E-state index contributed by atoms with van der Waals surface area (Å²) in [7, 11) is 1.71. The van der Waals surface area contributed by atoms with Crippen molar-refractivity contribution in [2.24, 2.45) is 0 Å². The van der Waals surface area contributed by atoms with Gasteiger partial charge in [0, 0.05) is 24.2 Å². The molecule has 1 unspecified atom stereocenters. The van der Waals surface area contributed by atoms with Crippen molar-refractivity contribution in [3.8, 4) is 5.75 Å². The Morgan fingerprint density at radius 1 is 0.833 bits per heavy atom. The summed E-state index contributed by atoms with van der Waals surface area (Å²) in [5.41, 5.74) is 6.37. The lowest BCUT2D eigenvalue weighted by Crippen LogP contribution is -2.36. The van der Waals surface area contributed by atoms with Gasteiger partial charge in [0.15, 0.2) is 0 Å². The summed E-state index contributed by atoms with van der Waals surface area (Å²) in [6.45, 7) is 3.51. The molecule has 152 valence electrons. The molecular formula is C27H27NO2. The zero-order valence-electron chi connectivity index (χ0n) is 17.4. The normalized spacial score (nSPS) is 20.6. The van der Waals surface area contributed by atoms with Crippen LogP contribution in [0, 0.1) is 0 Å². The van der Waals surface area contributed by atoms with Crippen molar-refractivity contribution >= 4 is 11.8 Å². The number of hydrogen-bond donors (Lipinski definition) is 0. The summed E-state index contributed by atoms with van der Waals surface area (Å²) in [5.74, 6) is 0.886. The van der Waals surface area contributed by atoms with Gasteiger partial charge in [-0.3, -0.25) is 0 Å². The third-order valence-corrected chi connectivity index (χ3v) is 6.44. The Kier molecular flexibility index (Phi) is 5.06. The second kappa shape index (κ2) is 8.00. The summed E-state index contributed by atoms with van der Waals surface area (Å²) in [6.07, 6.45) is 5.60. The predicted molar refractivity (Wildman–Crippen MR) is 122 cm³/mol. The van der Waals surface area contributed by atoms with Crippen LogP contribution in [0.25, 0.3) is 6.08 Å². The predicted octanol–water partition coefficient (Wildman–Crippen LogP) is 5.09. The molecule has 3 aromatic rings. The molecule has 30 heavy (non-hydrogen) atoms. The van der Waals surface area contributed by atoms with Crippen LogP contribution < -0.4 is 9.64 Å². The summed E-state index contributed by atoms with van der Waals surface area (Å²) in [6, 6.07) is 26.4. The molecule has 1 fully saturated rings. The molecular weight excluding hydrogens is 370 g/mol. The first-order valence-electron chi connectivity index (χ1n) is 10.6. The molecule has 3 nitrogen and oxygen atoms in total. The smallest absolute Gasteiger partial charge is 0.118 e. The van der Waals surface area contributed by atoms with Gasteiger partial charge < -0.3 is 14.4 Å². The number of hydrogen-bond acceptors (Lipinski definition) is 3. The fourth-order valence-corrected chi connectivity index (χ4v) is 4.69. The van der Waals surface area contributed by atoms with E-state index >= 15 is 0 Å². The molecule has 1 heterocycles. The first kappa shape index (κ1) is 19.0. The molecule has 1 aliphatic heterocycles. The van der Waals surface area contributed by atoms with Gasteiger partial charge in [-0.1, -0.05) is 60.7 Å². The number of ether oxygens (including phenoxy) is 2. The van der Waals surface area contributed by atoms with E-state index in [1.807, 2.05) is 0 Å². The summed E-state index contributed by atoms with van der Waals surface area (Å²) < 4.78 is 10.9. The van der Waals surface area contributed by atoms with E-state index in [1.165, 1.54) is 27.9 Å². The highest BCUT2D eigenvalue weighted by Gasteiger charge is 2.34. The molecule has 3 heteroatoms. The molecule has 0 aromatic heterocycles. The van der Waals surface area contributed by atoms with Crippen LogP contribution in [0.1, 0.15) is 22.3 Å². The number of allylic oxidation sites excluding steroid dienone is 1. The van der Waals surface area contributed by atoms with Crippen LogP contribution >= 0.6 is 0 Å². The topological polar surface area (TPSA) is 21.7 Å². The van der Waals surface area contributed by atoms with Crippen LogP contribution in [0.5, 0.6) is 5.75 Å². The van der Waals surface area contributed by atoms with Crippen molar-refractivity contribution in [1.29, 1.82) is 0 Å². The van der Waals surface area contributed by atoms with E-state index in [2.05, 4.69) is 89.8 Å². The van der Waals surface area contributed by atoms with Gasteiger partial charge in [-0.25, -0.2) is 0 Å². The van der Waals surface area contributed by atoms with Crippen LogP contribution in [-0.2, 0) is 16.6 Å². The quantitative estimate of drug-likeness (QED) is 0.612. The SMILES string of the molecule is COc1ccc(C2(c3ccc(N4CCOCC4)cc3)C=Cc3ccccc3C2)cc1. The van der Waals surface area contributed by atoms with Crippen molar-refractivity contribution in [3.63, 3.8) is 0 Å². The van der Waals surface area contributed by atoms with Gasteiger partial charge in [0.1, 0.15) is 5.75 Å². The Morgan fingerprint density at radius 2 is 1.50 bits per heavy atom. The Morgan fingerprint density at radius 3 is 2.20 bits per heavy atom. The first-order chi connectivity index (χ1) is 14.8. The minimum Gasteiger partial charge on any atom is -0.497 e. The molecule has 0 N–H and O–H groups in total. The van der Waals surface area contributed by atoms with Gasteiger partial charge in [0.05, 0.1) is 20.3 Å². The minimum atomic E-state index is -0.190. The number of morpholine rings is 1. The number of anilines is 1. The lowest BCUT2D eigenvalue weighted by atomic mass is 9.67. The Balaban J connectivity index is 1.56. The van der Waals surface area contributed by atoms with E-state index < -0.39 is 0 Å². The van der Waals surface area contributed by atoms with Gasteiger partial charge in [-0.15, -0.1) is 0 Å². The number of methoxy groups -OCH3 is 1. The maximum Gasteiger partial charge on any atom is 0.118 e. The highest BCUT2D eigenvalue weighted by molar-refractivity contribution is 5.65. The molecule has 0 bridgehead atoms. The Bertz CT molecular complexity index is 1030. The molecule has 0 radical (unpaired) electrons. The summed E-state index contributed by atoms with van der Waals surface area (Å²) in [5, 5.41) is 0. The number of fused-ring (bicyclic) bond motifs is 1. The molecule has 0 amide bonds. The molecule has 5 rings (SSSR count). The molecule has 1 atom stereocenters. The van der Waals surface area contributed by atoms with Crippen LogP contribution in [0.4, 0.5) is 5.69 Å². The van der Waals surface area contributed by atoms with Crippen LogP contribution in [-0.4, -0.2) is 33.4 Å². The second-order valence-corrected chi connectivity index (χ2v) is 8.06. The second-order valence-electron chi connectivity index (χ2n) is 8.06. The fourth-order valence-electron chi connectivity index (χ4n) is 4.69. The van der Waals surface area contributed by atoms with Gasteiger partial charge >= 0.3 is 0 Å². The van der Waals surface area contributed by atoms with Crippen LogP contribution in [0.2, 0.25) is 0 Å². The molecule has 0 spiro atoms. The molecule has 2 aliphatic rings. The van der Waals surface area contributed by atoms with E-state index in [1.54, 1.807) is 7.11 Å². The maximum atomic E-state index is 5.51. The average Bonchev–Trinajstić information content (AvgIpc) is 2.84. The lowest BCUT2D eigenvalue weighted by Gasteiger charge is -2.36. The van der Waals surface area contributed by atoms with E-state index in [-0.39, 0.29) is 5.41 Å². The van der Waals surface area contributed by atoms with Gasteiger partial charge in [0.25, 0.3) is 0 Å². The Labute approximate surface area is 178 Å². The number of benzene rings is 3. The minimum absolute atomic E-state index is 0.190. The third kappa shape index (κ3) is 3.40. The van der Waals surface area contributed by atoms with Crippen molar-refractivity contribution in [2.45, 2.75) is 11.8 Å². The van der Waals surface area contributed by atoms with Crippen LogP contribution in [0.3, 0.4) is 0 Å². The summed E-state index contributed by atoms with van der Waals surface area (Å²) in [4.78, 5) is 2.40. The largest absolute Gasteiger partial charge is 0.497 e.